The van der Waals surface area contributed by atoms with Crippen LogP contribution in [0.15, 0.2) is 0 Å². The van der Waals surface area contributed by atoms with Crippen molar-refractivity contribution in [3.8, 4) is 0 Å². The summed E-state index contributed by atoms with van der Waals surface area (Å²) in [5.41, 5.74) is 0. The van der Waals surface area contributed by atoms with E-state index in [1.807, 2.05) is 0 Å². The summed E-state index contributed by atoms with van der Waals surface area (Å²) < 4.78 is 25.1. The van der Waals surface area contributed by atoms with E-state index in [0.717, 1.165) is 6.42 Å². The van der Waals surface area contributed by atoms with Gasteiger partial charge in [0.25, 0.3) is 0 Å². The van der Waals surface area contributed by atoms with Crippen LogP contribution in [0.1, 0.15) is 96.3 Å². The predicted octanol–water partition coefficient (Wildman–Crippen LogP) is 2.15. The Morgan fingerprint density at radius 1 is 0.378 bits per heavy atom. The van der Waals surface area contributed by atoms with Crippen molar-refractivity contribution in [1.82, 2.24) is 42.5 Å². The fourth-order valence-corrected chi connectivity index (χ4v) is 13.6. The molecule has 8 bridgehead atoms. The first-order chi connectivity index (χ1) is 21.4. The van der Waals surface area contributed by atoms with Gasteiger partial charge in [0.05, 0.1) is 54.6 Å². The summed E-state index contributed by atoms with van der Waals surface area (Å²) in [6, 6.07) is 0. The van der Waals surface area contributed by atoms with Crippen LogP contribution >= 0.6 is 10.7 Å². The van der Waals surface area contributed by atoms with Crippen molar-refractivity contribution in [3.63, 3.8) is 0 Å². The SMILES string of the molecule is O=S(=O)(Cl)C1CCC2C3NC4NC(NC5NC(NC6NC(NC(N3)C2C1)C1CCCCC61)C1CCCCC51)C1CCCCC41.[Cu]. The van der Waals surface area contributed by atoms with E-state index in [1.165, 1.54) is 77.0 Å². The maximum atomic E-state index is 12.6. The largest absolute Gasteiger partial charge is 0.286 e. The van der Waals surface area contributed by atoms with E-state index in [-0.39, 0.29) is 53.8 Å². The summed E-state index contributed by atoms with van der Waals surface area (Å²) in [5.74, 6) is 4.40. The van der Waals surface area contributed by atoms with E-state index in [4.69, 9.17) is 10.7 Å². The predicted molar refractivity (Wildman–Crippen MR) is 171 cm³/mol. The molecule has 8 N–H and O–H groups in total. The molecule has 1 radical (unpaired) electrons. The zero-order chi connectivity index (χ0) is 29.6. The second kappa shape index (κ2) is 13.0. The Balaban J connectivity index is 0.00000300. The Morgan fingerprint density at radius 3 is 0.889 bits per heavy atom. The first kappa shape index (κ1) is 32.6. The van der Waals surface area contributed by atoms with E-state index >= 15 is 0 Å². The van der Waals surface area contributed by atoms with Crippen LogP contribution in [0.2, 0.25) is 0 Å². The minimum absolute atomic E-state index is 0. The van der Waals surface area contributed by atoms with Gasteiger partial charge in [-0.05, 0) is 105 Å². The van der Waals surface area contributed by atoms with Gasteiger partial charge < -0.3 is 0 Å². The first-order valence-electron chi connectivity index (χ1n) is 18.4. The van der Waals surface area contributed by atoms with Crippen LogP contribution in [0.5, 0.6) is 0 Å². The van der Waals surface area contributed by atoms with Crippen LogP contribution in [-0.4, -0.2) is 63.0 Å². The molecule has 0 aromatic heterocycles. The Bertz CT molecular complexity index is 1190. The molecule has 9 fully saturated rings. The van der Waals surface area contributed by atoms with Crippen molar-refractivity contribution >= 4 is 19.7 Å². The molecular formula is C32H55ClCuN8O2S. The van der Waals surface area contributed by atoms with Crippen LogP contribution in [0.3, 0.4) is 0 Å². The minimum atomic E-state index is -3.58. The Morgan fingerprint density at radius 2 is 0.622 bits per heavy atom. The summed E-state index contributed by atoms with van der Waals surface area (Å²) >= 11 is 0. The van der Waals surface area contributed by atoms with Crippen LogP contribution in [0, 0.1) is 47.3 Å². The minimum Gasteiger partial charge on any atom is -0.286 e. The Kier molecular flexibility index (Phi) is 9.40. The Labute approximate surface area is 284 Å². The van der Waals surface area contributed by atoms with Crippen molar-refractivity contribution in [2.24, 2.45) is 47.3 Å². The molecule has 0 aromatic rings. The zero-order valence-corrected chi connectivity index (χ0v) is 28.8. The Hall–Kier alpha value is 0.439. The van der Waals surface area contributed by atoms with Crippen LogP contribution in [0.4, 0.5) is 0 Å². The van der Waals surface area contributed by atoms with Gasteiger partial charge in [-0.1, -0.05) is 38.5 Å². The van der Waals surface area contributed by atoms with E-state index in [1.54, 1.807) is 0 Å². The molecular weight excluding hydrogens is 659 g/mol. The molecule has 5 heterocycles. The molecule has 45 heavy (non-hydrogen) atoms. The molecule has 17 atom stereocenters. The van der Waals surface area contributed by atoms with Gasteiger partial charge in [-0.2, -0.15) is 0 Å². The molecule has 17 unspecified atom stereocenters. The second-order valence-corrected chi connectivity index (χ2v) is 19.1. The average molecular weight is 715 g/mol. The zero-order valence-electron chi connectivity index (χ0n) is 26.3. The van der Waals surface area contributed by atoms with Crippen molar-refractivity contribution in [2.75, 3.05) is 0 Å². The van der Waals surface area contributed by atoms with Crippen molar-refractivity contribution in [3.05, 3.63) is 0 Å². The maximum absolute atomic E-state index is 12.6. The molecule has 9 rings (SSSR count). The molecule has 5 saturated heterocycles. The molecule has 259 valence electrons. The molecule has 4 aliphatic carbocycles. The quantitative estimate of drug-likeness (QED) is 0.151. The van der Waals surface area contributed by atoms with E-state index in [2.05, 4.69) is 42.5 Å². The van der Waals surface area contributed by atoms with Crippen molar-refractivity contribution in [1.29, 1.82) is 0 Å². The second-order valence-electron chi connectivity index (χ2n) is 16.2. The molecule has 0 aromatic carbocycles. The van der Waals surface area contributed by atoms with Gasteiger partial charge in [-0.3, -0.25) is 42.5 Å². The van der Waals surface area contributed by atoms with Crippen LogP contribution in [0.25, 0.3) is 0 Å². The fourth-order valence-electron chi connectivity index (χ4n) is 12.2. The number of nitrogens with one attached hydrogen (secondary N) is 8. The first-order valence-corrected chi connectivity index (χ1v) is 20.8. The monoisotopic (exact) mass is 713 g/mol. The number of halogens is 1. The van der Waals surface area contributed by atoms with Gasteiger partial charge in [0.15, 0.2) is 0 Å². The van der Waals surface area contributed by atoms with Crippen LogP contribution in [-0.2, 0) is 26.1 Å². The third kappa shape index (κ3) is 5.90. The third-order valence-corrected chi connectivity index (χ3v) is 16.2. The van der Waals surface area contributed by atoms with Crippen LogP contribution < -0.4 is 42.5 Å². The van der Waals surface area contributed by atoms with Gasteiger partial charge in [-0.25, -0.2) is 8.42 Å². The summed E-state index contributed by atoms with van der Waals surface area (Å²) in [6.07, 6.45) is 19.8. The normalized spacial score (nSPS) is 54.3. The molecule has 9 aliphatic rings. The van der Waals surface area contributed by atoms with Gasteiger partial charge in [0, 0.05) is 27.8 Å². The van der Waals surface area contributed by atoms with E-state index in [9.17, 15) is 8.42 Å². The average Bonchev–Trinajstić information content (AvgIpc) is 3.76. The molecule has 0 amide bonds. The molecule has 10 nitrogen and oxygen atoms in total. The maximum Gasteiger partial charge on any atom is 0.235 e. The summed E-state index contributed by atoms with van der Waals surface area (Å²) in [6.45, 7) is 0. The third-order valence-electron chi connectivity index (χ3n) is 14.2. The molecule has 5 aliphatic heterocycles. The summed E-state index contributed by atoms with van der Waals surface area (Å²) in [7, 11) is 2.42. The smallest absolute Gasteiger partial charge is 0.235 e. The summed E-state index contributed by atoms with van der Waals surface area (Å²) in [5, 5.41) is 32.5. The number of hydrogen-bond acceptors (Lipinski definition) is 10. The molecule has 4 saturated carbocycles. The van der Waals surface area contributed by atoms with Crippen molar-refractivity contribution < 1.29 is 25.5 Å². The topological polar surface area (TPSA) is 130 Å². The summed E-state index contributed by atoms with van der Waals surface area (Å²) in [4.78, 5) is 0. The molecule has 13 heteroatoms. The molecule has 0 spiro atoms. The van der Waals surface area contributed by atoms with Gasteiger partial charge in [0.2, 0.25) is 9.05 Å². The van der Waals surface area contributed by atoms with E-state index < -0.39 is 14.3 Å². The standard InChI is InChI=1S/C32H55ClN8O2S.Cu/c33-44(42,43)16-13-14-23-24(15-16)32-40-30-22-12-6-5-11-21(22)28(38-30)36-26-18-8-2-1-7-17(18)25(34-26)35-27-19-9-3-4-10-20(19)29(37-27)39-31(23)41-32;/h16-32,34-41H,1-15H2;. The van der Waals surface area contributed by atoms with E-state index in [0.29, 0.717) is 72.8 Å². The van der Waals surface area contributed by atoms with Gasteiger partial charge in [0.1, 0.15) is 0 Å². The van der Waals surface area contributed by atoms with Gasteiger partial charge >= 0.3 is 0 Å². The van der Waals surface area contributed by atoms with Gasteiger partial charge in [-0.15, -0.1) is 0 Å². The number of fused-ring (bicyclic) bond motifs is 20. The van der Waals surface area contributed by atoms with Crippen molar-refractivity contribution in [2.45, 2.75) is 151 Å². The number of hydrogen-bond donors (Lipinski definition) is 8. The number of rotatable bonds is 1. The fraction of sp³-hybridized carbons (Fsp3) is 1.00.